The van der Waals surface area contributed by atoms with Crippen molar-refractivity contribution >= 4 is 29.5 Å². The van der Waals surface area contributed by atoms with Gasteiger partial charge in [0.15, 0.2) is 0 Å². The van der Waals surface area contributed by atoms with Gasteiger partial charge in [0.1, 0.15) is 17.3 Å². The van der Waals surface area contributed by atoms with E-state index in [4.69, 9.17) is 18.9 Å². The smallest absolute Gasteiger partial charge is 0.343 e. The number of esters is 3. The highest BCUT2D eigenvalue weighted by Crippen LogP contribution is 2.16. The van der Waals surface area contributed by atoms with Crippen LogP contribution in [-0.4, -0.2) is 37.0 Å². The highest BCUT2D eigenvalue weighted by atomic mass is 16.5. The highest BCUT2D eigenvalue weighted by molar-refractivity contribution is 6.03. The fourth-order valence-corrected chi connectivity index (χ4v) is 2.81. The number of nitrogens with one attached hydrogen (secondary N) is 1. The zero-order valence-electron chi connectivity index (χ0n) is 24.2. The third-order valence-electron chi connectivity index (χ3n) is 4.88. The Hall–Kier alpha value is -4.92. The van der Waals surface area contributed by atoms with Crippen LogP contribution in [-0.2, 0) is 23.8 Å². The Morgan fingerprint density at radius 1 is 0.780 bits per heavy atom. The molecule has 1 N–H and O–H groups in total. The van der Waals surface area contributed by atoms with Crippen molar-refractivity contribution in [3.63, 3.8) is 0 Å². The first kappa shape index (κ1) is 34.1. The number of allylic oxidation sites excluding steroid dienone is 4. The lowest BCUT2D eigenvalue weighted by Crippen LogP contribution is -2.12. The van der Waals surface area contributed by atoms with Crippen molar-refractivity contribution in [3.05, 3.63) is 108 Å². The first-order valence-electron chi connectivity index (χ1n) is 13.0. The number of hydrogen-bond donors (Lipinski definition) is 1. The van der Waals surface area contributed by atoms with Crippen LogP contribution >= 0.6 is 0 Å². The second-order valence-electron chi connectivity index (χ2n) is 8.24. The lowest BCUT2D eigenvalue weighted by Gasteiger charge is -2.08. The molecule has 9 nitrogen and oxygen atoms in total. The molecular formula is C32H37NO8. The molecule has 0 atom stereocenters. The SMILES string of the molecule is C=CC(=O)OCCCOc1ccc(C(=O)O/C(C)=C/C=C(\C)OC(=O)c2ccc(NC(=O)C(=C)C)cc2)cc1.CC. The van der Waals surface area contributed by atoms with E-state index >= 15 is 0 Å². The number of carbonyl (C=O) groups excluding carboxylic acids is 4. The van der Waals surface area contributed by atoms with Gasteiger partial charge in [0.2, 0.25) is 0 Å². The molecule has 0 fully saturated rings. The molecule has 0 heterocycles. The number of benzene rings is 2. The summed E-state index contributed by atoms with van der Waals surface area (Å²) in [6, 6.07) is 12.6. The molecule has 2 aromatic rings. The summed E-state index contributed by atoms with van der Waals surface area (Å²) in [5, 5.41) is 2.65. The van der Waals surface area contributed by atoms with Gasteiger partial charge in [0, 0.05) is 23.8 Å². The zero-order chi connectivity index (χ0) is 30.8. The lowest BCUT2D eigenvalue weighted by atomic mass is 10.2. The number of anilines is 1. The molecule has 218 valence electrons. The molecule has 9 heteroatoms. The molecule has 0 bridgehead atoms. The molecule has 0 saturated carbocycles. The Morgan fingerprint density at radius 2 is 1.27 bits per heavy atom. The Kier molecular flexibility index (Phi) is 15.3. The molecule has 0 aliphatic carbocycles. The third-order valence-corrected chi connectivity index (χ3v) is 4.88. The predicted octanol–water partition coefficient (Wildman–Crippen LogP) is 6.55. The van der Waals surface area contributed by atoms with Crippen molar-refractivity contribution < 1.29 is 38.1 Å². The van der Waals surface area contributed by atoms with Crippen LogP contribution in [0.3, 0.4) is 0 Å². The Labute approximate surface area is 241 Å². The van der Waals surface area contributed by atoms with Crippen LogP contribution in [0.5, 0.6) is 5.75 Å². The minimum absolute atomic E-state index is 0.220. The zero-order valence-corrected chi connectivity index (χ0v) is 24.2. The quantitative estimate of drug-likeness (QED) is 0.0728. The molecule has 0 radical (unpaired) electrons. The van der Waals surface area contributed by atoms with E-state index in [0.717, 1.165) is 6.08 Å². The van der Waals surface area contributed by atoms with E-state index in [1.54, 1.807) is 57.2 Å². The van der Waals surface area contributed by atoms with Gasteiger partial charge in [-0.1, -0.05) is 27.0 Å². The Morgan fingerprint density at radius 3 is 1.73 bits per heavy atom. The van der Waals surface area contributed by atoms with Crippen molar-refractivity contribution in [1.82, 2.24) is 0 Å². The van der Waals surface area contributed by atoms with Gasteiger partial charge in [-0.25, -0.2) is 14.4 Å². The van der Waals surface area contributed by atoms with Crippen LogP contribution in [0.25, 0.3) is 0 Å². The van der Waals surface area contributed by atoms with E-state index < -0.39 is 17.9 Å². The van der Waals surface area contributed by atoms with E-state index in [-0.39, 0.29) is 18.3 Å². The van der Waals surface area contributed by atoms with Crippen molar-refractivity contribution in [2.75, 3.05) is 18.5 Å². The van der Waals surface area contributed by atoms with E-state index in [9.17, 15) is 19.2 Å². The van der Waals surface area contributed by atoms with Crippen LogP contribution < -0.4 is 10.1 Å². The lowest BCUT2D eigenvalue weighted by molar-refractivity contribution is -0.137. The summed E-state index contributed by atoms with van der Waals surface area (Å²) in [4.78, 5) is 47.4. The van der Waals surface area contributed by atoms with Crippen LogP contribution in [0.1, 0.15) is 61.8 Å². The molecule has 41 heavy (non-hydrogen) atoms. The molecule has 1 amide bonds. The van der Waals surface area contributed by atoms with Gasteiger partial charge >= 0.3 is 17.9 Å². The summed E-state index contributed by atoms with van der Waals surface area (Å²) in [6.07, 6.45) is 4.62. The molecule has 0 spiro atoms. The number of hydrogen-bond acceptors (Lipinski definition) is 8. The summed E-state index contributed by atoms with van der Waals surface area (Å²) in [5.74, 6) is -0.796. The van der Waals surface area contributed by atoms with Crippen LogP contribution in [0.15, 0.2) is 97.0 Å². The first-order chi connectivity index (χ1) is 19.6. The fraction of sp³-hybridized carbons (Fsp3) is 0.250. The van der Waals surface area contributed by atoms with Gasteiger partial charge in [-0.2, -0.15) is 0 Å². The van der Waals surface area contributed by atoms with E-state index in [1.807, 2.05) is 13.8 Å². The topological polar surface area (TPSA) is 117 Å². The monoisotopic (exact) mass is 563 g/mol. The highest BCUT2D eigenvalue weighted by Gasteiger charge is 2.11. The van der Waals surface area contributed by atoms with Crippen molar-refractivity contribution in [3.8, 4) is 5.75 Å². The number of amides is 1. The average molecular weight is 564 g/mol. The molecule has 2 rings (SSSR count). The van der Waals surface area contributed by atoms with Gasteiger partial charge in [-0.15, -0.1) is 0 Å². The minimum atomic E-state index is -0.579. The number of carbonyl (C=O) groups is 4. The second kappa shape index (κ2) is 18.4. The molecule has 0 saturated heterocycles. The van der Waals surface area contributed by atoms with Crippen LogP contribution in [0.2, 0.25) is 0 Å². The maximum absolute atomic E-state index is 12.4. The van der Waals surface area contributed by atoms with Gasteiger partial charge in [-0.05, 0) is 81.5 Å². The summed E-state index contributed by atoms with van der Waals surface area (Å²) in [5.41, 5.74) is 1.52. The molecule has 2 aromatic carbocycles. The predicted molar refractivity (Wildman–Crippen MR) is 157 cm³/mol. The van der Waals surface area contributed by atoms with Crippen molar-refractivity contribution in [2.24, 2.45) is 0 Å². The van der Waals surface area contributed by atoms with Gasteiger partial charge in [-0.3, -0.25) is 4.79 Å². The summed E-state index contributed by atoms with van der Waals surface area (Å²) >= 11 is 0. The number of ether oxygens (including phenoxy) is 4. The van der Waals surface area contributed by atoms with E-state index in [1.165, 1.54) is 24.3 Å². The van der Waals surface area contributed by atoms with Crippen LogP contribution in [0, 0.1) is 0 Å². The molecular weight excluding hydrogens is 526 g/mol. The molecule has 0 aliphatic heterocycles. The minimum Gasteiger partial charge on any atom is -0.493 e. The van der Waals surface area contributed by atoms with E-state index in [0.29, 0.717) is 46.9 Å². The molecule has 0 aromatic heterocycles. The average Bonchev–Trinajstić information content (AvgIpc) is 2.97. The summed E-state index contributed by atoms with van der Waals surface area (Å²) in [6.45, 7) is 16.2. The van der Waals surface area contributed by atoms with Crippen molar-refractivity contribution in [2.45, 2.75) is 41.0 Å². The molecule has 0 aliphatic rings. The first-order valence-corrected chi connectivity index (χ1v) is 13.0. The fourth-order valence-electron chi connectivity index (χ4n) is 2.81. The van der Waals surface area contributed by atoms with Crippen LogP contribution in [0.4, 0.5) is 5.69 Å². The maximum atomic E-state index is 12.4. The standard InChI is InChI=1S/C30H31NO8.C2H6/c1-6-27(32)37-19-7-18-36-26-16-12-24(13-17-26)30(35)39-22(5)9-8-21(4)38-29(34)23-10-14-25(15-11-23)31-28(33)20(2)3;1-2/h6,8-17H,1-2,7,18-19H2,3-5H3,(H,31,33);1-2H3/b21-8+,22-9+;. The van der Waals surface area contributed by atoms with Gasteiger partial charge < -0.3 is 24.3 Å². The van der Waals surface area contributed by atoms with Crippen molar-refractivity contribution in [1.29, 1.82) is 0 Å². The molecule has 0 unspecified atom stereocenters. The van der Waals surface area contributed by atoms with E-state index in [2.05, 4.69) is 18.5 Å². The maximum Gasteiger partial charge on any atom is 0.343 e. The van der Waals surface area contributed by atoms with Gasteiger partial charge in [0.25, 0.3) is 5.91 Å². The number of rotatable bonds is 13. The Bertz CT molecular complexity index is 1270. The summed E-state index contributed by atoms with van der Waals surface area (Å²) in [7, 11) is 0. The summed E-state index contributed by atoms with van der Waals surface area (Å²) < 4.78 is 21.0. The largest absolute Gasteiger partial charge is 0.493 e. The second-order valence-corrected chi connectivity index (χ2v) is 8.24. The normalized spacial score (nSPS) is 10.8. The van der Waals surface area contributed by atoms with Gasteiger partial charge in [0.05, 0.1) is 24.3 Å². The third kappa shape index (κ3) is 13.1. The Balaban J connectivity index is 0.00000411.